The fraction of sp³-hybridized carbons (Fsp3) is 0.231. The van der Waals surface area contributed by atoms with Crippen molar-refractivity contribution in [3.05, 3.63) is 42.0 Å². The van der Waals surface area contributed by atoms with E-state index in [0.717, 1.165) is 0 Å². The van der Waals surface area contributed by atoms with Gasteiger partial charge in [-0.3, -0.25) is 9.59 Å². The first-order valence-electron chi connectivity index (χ1n) is 5.70. The summed E-state index contributed by atoms with van der Waals surface area (Å²) in [7, 11) is 0. The number of allylic oxidation sites excluding steroid dienone is 1. The maximum absolute atomic E-state index is 12.0. The highest BCUT2D eigenvalue weighted by atomic mass is 19.4. The molecule has 0 aliphatic carbocycles. The Morgan fingerprint density at radius 1 is 1.20 bits per heavy atom. The van der Waals surface area contributed by atoms with E-state index < -0.39 is 12.1 Å². The lowest BCUT2D eigenvalue weighted by molar-refractivity contribution is -0.167. The Kier molecular flexibility index (Phi) is 5.31. The van der Waals surface area contributed by atoms with E-state index in [4.69, 9.17) is 0 Å². The maximum atomic E-state index is 12.0. The smallest absolute Gasteiger partial charge is 0.348 e. The molecule has 0 atom stereocenters. The minimum absolute atomic E-state index is 0.0378. The number of benzene rings is 1. The lowest BCUT2D eigenvalue weighted by atomic mass is 10.2. The molecule has 0 saturated carbocycles. The van der Waals surface area contributed by atoms with Gasteiger partial charge in [0, 0.05) is 12.2 Å². The van der Waals surface area contributed by atoms with Crippen molar-refractivity contribution in [3.63, 3.8) is 0 Å². The first-order valence-corrected chi connectivity index (χ1v) is 5.70. The highest BCUT2D eigenvalue weighted by Crippen LogP contribution is 2.18. The van der Waals surface area contributed by atoms with E-state index in [1.165, 1.54) is 30.3 Å². The molecule has 20 heavy (non-hydrogen) atoms. The van der Waals surface area contributed by atoms with E-state index in [-0.39, 0.29) is 18.1 Å². The molecule has 0 bridgehead atoms. The van der Waals surface area contributed by atoms with Gasteiger partial charge in [0.1, 0.15) is 0 Å². The summed E-state index contributed by atoms with van der Waals surface area (Å²) in [5.74, 6) is -2.28. The van der Waals surface area contributed by atoms with E-state index in [1.54, 1.807) is 18.3 Å². The maximum Gasteiger partial charge on any atom is 0.471 e. The molecule has 2 N–H and O–H groups in total. The molecule has 0 fully saturated rings. The minimum Gasteiger partial charge on any atom is -0.348 e. The first-order chi connectivity index (χ1) is 9.32. The van der Waals surface area contributed by atoms with Gasteiger partial charge in [0.05, 0.1) is 0 Å². The van der Waals surface area contributed by atoms with Gasteiger partial charge in [0.2, 0.25) is 5.91 Å². The molecule has 0 saturated heterocycles. The number of rotatable bonds is 4. The van der Waals surface area contributed by atoms with Crippen molar-refractivity contribution in [1.82, 2.24) is 5.32 Å². The van der Waals surface area contributed by atoms with E-state index >= 15 is 0 Å². The van der Waals surface area contributed by atoms with Crippen LogP contribution in [0.25, 0.3) is 0 Å². The summed E-state index contributed by atoms with van der Waals surface area (Å²) in [6, 6.07) is 5.70. The Balaban J connectivity index is 2.57. The van der Waals surface area contributed by atoms with Crippen molar-refractivity contribution in [1.29, 1.82) is 0 Å². The molecular formula is C13H13F3N2O2. The summed E-state index contributed by atoms with van der Waals surface area (Å²) in [6.45, 7) is 1.95. The van der Waals surface area contributed by atoms with Crippen LogP contribution in [0.1, 0.15) is 12.5 Å². The highest BCUT2D eigenvalue weighted by molar-refractivity contribution is 5.94. The van der Waals surface area contributed by atoms with Crippen LogP contribution < -0.4 is 10.6 Å². The number of carbonyl (C=O) groups is 2. The molecule has 0 aliphatic heterocycles. The number of hydrogen-bond acceptors (Lipinski definition) is 2. The molecule has 108 valence electrons. The molecule has 4 nitrogen and oxygen atoms in total. The normalized spacial score (nSPS) is 11.4. The van der Waals surface area contributed by atoms with Crippen molar-refractivity contribution in [2.45, 2.75) is 19.6 Å². The van der Waals surface area contributed by atoms with Gasteiger partial charge in [-0.2, -0.15) is 13.2 Å². The zero-order chi connectivity index (χ0) is 15.2. The van der Waals surface area contributed by atoms with Crippen LogP contribution in [0.5, 0.6) is 0 Å². The van der Waals surface area contributed by atoms with Gasteiger partial charge in [0.15, 0.2) is 0 Å². The average molecular weight is 286 g/mol. The van der Waals surface area contributed by atoms with Crippen LogP contribution in [0.3, 0.4) is 0 Å². The Labute approximate surface area is 113 Å². The minimum atomic E-state index is -4.92. The van der Waals surface area contributed by atoms with E-state index in [0.29, 0.717) is 5.56 Å². The fourth-order valence-electron chi connectivity index (χ4n) is 1.31. The quantitative estimate of drug-likeness (QED) is 0.835. The van der Waals surface area contributed by atoms with Gasteiger partial charge in [-0.25, -0.2) is 0 Å². The first kappa shape index (κ1) is 15.7. The SMILES string of the molecule is C/C=C/C(=O)NCc1ccc(NC(=O)C(F)(F)F)cc1. The fourth-order valence-corrected chi connectivity index (χ4v) is 1.31. The molecule has 0 unspecified atom stereocenters. The van der Waals surface area contributed by atoms with Gasteiger partial charge in [-0.1, -0.05) is 18.2 Å². The van der Waals surface area contributed by atoms with Crippen molar-refractivity contribution in [3.8, 4) is 0 Å². The topological polar surface area (TPSA) is 58.2 Å². The summed E-state index contributed by atoms with van der Waals surface area (Å²) in [5, 5.41) is 4.32. The van der Waals surface area contributed by atoms with Gasteiger partial charge in [0.25, 0.3) is 0 Å². The number of halogens is 3. The molecule has 0 spiro atoms. The standard InChI is InChI=1S/C13H13F3N2O2/c1-2-3-11(19)17-8-9-4-6-10(7-5-9)18-12(20)13(14,15)16/h2-7H,8H2,1H3,(H,17,19)(H,18,20)/b3-2+. The van der Waals surface area contributed by atoms with Gasteiger partial charge in [-0.15, -0.1) is 0 Å². The zero-order valence-electron chi connectivity index (χ0n) is 10.6. The molecule has 0 aliphatic rings. The third kappa shape index (κ3) is 5.13. The van der Waals surface area contributed by atoms with Crippen LogP contribution in [-0.2, 0) is 16.1 Å². The van der Waals surface area contributed by atoms with Crippen LogP contribution >= 0.6 is 0 Å². The third-order valence-corrected chi connectivity index (χ3v) is 2.25. The number of nitrogens with one attached hydrogen (secondary N) is 2. The summed E-state index contributed by atoms with van der Waals surface area (Å²) >= 11 is 0. The molecule has 7 heteroatoms. The third-order valence-electron chi connectivity index (χ3n) is 2.25. The largest absolute Gasteiger partial charge is 0.471 e. The lowest BCUT2D eigenvalue weighted by Crippen LogP contribution is -2.29. The van der Waals surface area contributed by atoms with Crippen LogP contribution in [-0.4, -0.2) is 18.0 Å². The predicted octanol–water partition coefficient (Wildman–Crippen LogP) is 2.38. The second-order valence-corrected chi connectivity index (χ2v) is 3.87. The van der Waals surface area contributed by atoms with Crippen molar-refractivity contribution in [2.75, 3.05) is 5.32 Å². The highest BCUT2D eigenvalue weighted by Gasteiger charge is 2.38. The van der Waals surface area contributed by atoms with Gasteiger partial charge in [-0.05, 0) is 30.7 Å². The molecule has 0 radical (unpaired) electrons. The van der Waals surface area contributed by atoms with Crippen LogP contribution in [0.4, 0.5) is 18.9 Å². The Hall–Kier alpha value is -2.31. The number of amides is 2. The Morgan fingerprint density at radius 3 is 2.30 bits per heavy atom. The van der Waals surface area contributed by atoms with E-state index in [2.05, 4.69) is 5.32 Å². The number of anilines is 1. The molecular weight excluding hydrogens is 273 g/mol. The predicted molar refractivity (Wildman–Crippen MR) is 67.8 cm³/mol. The molecule has 0 heterocycles. The van der Waals surface area contributed by atoms with Gasteiger partial charge >= 0.3 is 12.1 Å². The lowest BCUT2D eigenvalue weighted by Gasteiger charge is -2.08. The number of hydrogen-bond donors (Lipinski definition) is 2. The molecule has 0 aromatic heterocycles. The molecule has 2 amide bonds. The average Bonchev–Trinajstić information content (AvgIpc) is 2.37. The van der Waals surface area contributed by atoms with Crippen LogP contribution in [0.2, 0.25) is 0 Å². The summed E-state index contributed by atoms with van der Waals surface area (Å²) in [6.07, 6.45) is -1.97. The molecule has 1 aromatic carbocycles. The van der Waals surface area contributed by atoms with Crippen LogP contribution in [0.15, 0.2) is 36.4 Å². The Morgan fingerprint density at radius 2 is 1.80 bits per heavy atom. The Bertz CT molecular complexity index is 507. The molecule has 1 rings (SSSR count). The van der Waals surface area contributed by atoms with Crippen molar-refractivity contribution >= 4 is 17.5 Å². The monoisotopic (exact) mass is 286 g/mol. The second kappa shape index (κ2) is 6.74. The second-order valence-electron chi connectivity index (χ2n) is 3.87. The molecule has 1 aromatic rings. The van der Waals surface area contributed by atoms with Crippen molar-refractivity contribution in [2.24, 2.45) is 0 Å². The zero-order valence-corrected chi connectivity index (χ0v) is 10.6. The number of alkyl halides is 3. The van der Waals surface area contributed by atoms with Gasteiger partial charge < -0.3 is 10.6 Å². The summed E-state index contributed by atoms with van der Waals surface area (Å²) in [4.78, 5) is 21.9. The summed E-state index contributed by atoms with van der Waals surface area (Å²) in [5.41, 5.74) is 0.740. The summed E-state index contributed by atoms with van der Waals surface area (Å²) < 4.78 is 36.1. The van der Waals surface area contributed by atoms with Crippen molar-refractivity contribution < 1.29 is 22.8 Å². The number of carbonyl (C=O) groups excluding carboxylic acids is 2. The van der Waals surface area contributed by atoms with E-state index in [1.807, 2.05) is 0 Å². The van der Waals surface area contributed by atoms with E-state index in [9.17, 15) is 22.8 Å². The van der Waals surface area contributed by atoms with Crippen LogP contribution in [0, 0.1) is 0 Å².